The molecular formula is C43H30N2. The average Bonchev–Trinajstić information content (AvgIpc) is 3.31. The van der Waals surface area contributed by atoms with Crippen LogP contribution in [0.15, 0.2) is 164 Å². The molecule has 7 aromatic carbocycles. The first-order valence-electron chi connectivity index (χ1n) is 15.5. The molecule has 0 saturated heterocycles. The largest absolute Gasteiger partial charge is 0.309 e. The van der Waals surface area contributed by atoms with Crippen LogP contribution in [-0.2, 0) is 0 Å². The molecule has 0 aliphatic carbocycles. The van der Waals surface area contributed by atoms with Crippen molar-refractivity contribution in [2.45, 2.75) is 6.92 Å². The lowest BCUT2D eigenvalue weighted by Gasteiger charge is -2.33. The van der Waals surface area contributed by atoms with Crippen molar-refractivity contribution in [2.75, 3.05) is 9.80 Å². The standard InChI is InChI=1S/C43H30N2/c1-29-38(44-40-23-10-6-19-34(40)30-15-2-3-16-31(30)35-20-7-11-24-41(35)44)27-14-28-39(29)45-42-25-12-8-21-36(42)32-17-4-5-18-33(32)37-22-9-13-26-43(37)45/h2-28H,1H3. The number of benzene rings is 7. The fourth-order valence-electron chi connectivity index (χ4n) is 7.37. The van der Waals surface area contributed by atoms with Crippen molar-refractivity contribution >= 4 is 34.1 Å². The zero-order valence-corrected chi connectivity index (χ0v) is 25.0. The molecule has 0 bridgehead atoms. The molecule has 0 unspecified atom stereocenters. The summed E-state index contributed by atoms with van der Waals surface area (Å²) in [5.74, 6) is 0. The van der Waals surface area contributed by atoms with Crippen molar-refractivity contribution in [3.8, 4) is 44.5 Å². The summed E-state index contributed by atoms with van der Waals surface area (Å²) < 4.78 is 0. The molecule has 0 fully saturated rings. The molecule has 0 aromatic heterocycles. The normalized spacial score (nSPS) is 12.5. The van der Waals surface area contributed by atoms with Crippen LogP contribution in [0.4, 0.5) is 34.1 Å². The highest BCUT2D eigenvalue weighted by Crippen LogP contribution is 2.54. The van der Waals surface area contributed by atoms with E-state index in [1.54, 1.807) is 0 Å². The summed E-state index contributed by atoms with van der Waals surface area (Å²) in [7, 11) is 0. The van der Waals surface area contributed by atoms with Gasteiger partial charge in [-0.15, -0.1) is 0 Å². The quantitative estimate of drug-likeness (QED) is 0.203. The van der Waals surface area contributed by atoms with Gasteiger partial charge in [-0.1, -0.05) is 127 Å². The molecule has 0 atom stereocenters. The van der Waals surface area contributed by atoms with Gasteiger partial charge >= 0.3 is 0 Å². The maximum atomic E-state index is 2.47. The molecular weight excluding hydrogens is 544 g/mol. The summed E-state index contributed by atoms with van der Waals surface area (Å²) in [5, 5.41) is 0. The van der Waals surface area contributed by atoms with Gasteiger partial charge in [0.25, 0.3) is 0 Å². The van der Waals surface area contributed by atoms with Gasteiger partial charge in [-0.05, 0) is 71.1 Å². The molecule has 9 rings (SSSR count). The molecule has 2 heterocycles. The Kier molecular flexibility index (Phi) is 5.76. The first kappa shape index (κ1) is 25.6. The average molecular weight is 575 g/mol. The van der Waals surface area contributed by atoms with Crippen LogP contribution in [0.1, 0.15) is 5.56 Å². The van der Waals surface area contributed by atoms with E-state index in [2.05, 4.69) is 181 Å². The third-order valence-corrected chi connectivity index (χ3v) is 9.35. The van der Waals surface area contributed by atoms with E-state index in [4.69, 9.17) is 0 Å². The SMILES string of the molecule is Cc1c(N2c3ccccc3-c3ccccc3-c3ccccc32)cccc1N1c2ccccc2-c2ccccc2-c2ccccc21. The third-order valence-electron chi connectivity index (χ3n) is 9.35. The van der Waals surface area contributed by atoms with Crippen molar-refractivity contribution in [3.63, 3.8) is 0 Å². The summed E-state index contributed by atoms with van der Waals surface area (Å²) >= 11 is 0. The fourth-order valence-corrected chi connectivity index (χ4v) is 7.37. The summed E-state index contributed by atoms with van der Waals surface area (Å²) in [5.41, 5.74) is 18.2. The van der Waals surface area contributed by atoms with Crippen molar-refractivity contribution in [3.05, 3.63) is 169 Å². The molecule has 2 aliphatic rings. The van der Waals surface area contributed by atoms with Crippen LogP contribution in [0.3, 0.4) is 0 Å². The van der Waals surface area contributed by atoms with Gasteiger partial charge < -0.3 is 9.80 Å². The summed E-state index contributed by atoms with van der Waals surface area (Å²) in [6, 6.07) is 59.6. The van der Waals surface area contributed by atoms with Crippen molar-refractivity contribution in [1.82, 2.24) is 0 Å². The molecule has 0 spiro atoms. The maximum absolute atomic E-state index is 2.47. The third kappa shape index (κ3) is 3.82. The summed E-state index contributed by atoms with van der Waals surface area (Å²) in [4.78, 5) is 4.93. The van der Waals surface area contributed by atoms with E-state index in [0.29, 0.717) is 0 Å². The molecule has 2 heteroatoms. The predicted molar refractivity (Wildman–Crippen MR) is 189 cm³/mol. The lowest BCUT2D eigenvalue weighted by Crippen LogP contribution is -2.16. The molecule has 0 radical (unpaired) electrons. The molecule has 212 valence electrons. The molecule has 0 N–H and O–H groups in total. The van der Waals surface area contributed by atoms with Crippen LogP contribution >= 0.6 is 0 Å². The highest BCUT2D eigenvalue weighted by Gasteiger charge is 2.30. The fraction of sp³-hybridized carbons (Fsp3) is 0.0233. The topological polar surface area (TPSA) is 6.48 Å². The number of nitrogens with zero attached hydrogens (tertiary/aromatic N) is 2. The van der Waals surface area contributed by atoms with E-state index in [1.807, 2.05) is 0 Å². The van der Waals surface area contributed by atoms with Gasteiger partial charge in [0, 0.05) is 22.3 Å². The highest BCUT2D eigenvalue weighted by molar-refractivity contribution is 6.05. The second-order valence-corrected chi connectivity index (χ2v) is 11.8. The van der Waals surface area contributed by atoms with Crippen LogP contribution in [0, 0.1) is 6.92 Å². The van der Waals surface area contributed by atoms with E-state index >= 15 is 0 Å². The summed E-state index contributed by atoms with van der Waals surface area (Å²) in [6.07, 6.45) is 0. The lowest BCUT2D eigenvalue weighted by atomic mass is 9.95. The van der Waals surface area contributed by atoms with E-state index in [0.717, 1.165) is 11.4 Å². The molecule has 2 aliphatic heterocycles. The van der Waals surface area contributed by atoms with E-state index < -0.39 is 0 Å². The zero-order chi connectivity index (χ0) is 29.9. The van der Waals surface area contributed by atoms with Gasteiger partial charge in [-0.25, -0.2) is 0 Å². The number of hydrogen-bond acceptors (Lipinski definition) is 2. The monoisotopic (exact) mass is 574 g/mol. The lowest BCUT2D eigenvalue weighted by molar-refractivity contribution is 1.22. The molecule has 0 saturated carbocycles. The van der Waals surface area contributed by atoms with Crippen molar-refractivity contribution in [1.29, 1.82) is 0 Å². The maximum Gasteiger partial charge on any atom is 0.0540 e. The highest BCUT2D eigenvalue weighted by atomic mass is 15.2. The number of fused-ring (bicyclic) bond motifs is 10. The minimum atomic E-state index is 1.16. The Labute approximate surface area is 264 Å². The Hall–Kier alpha value is -5.86. The van der Waals surface area contributed by atoms with E-state index in [9.17, 15) is 0 Å². The van der Waals surface area contributed by atoms with Crippen LogP contribution in [0.2, 0.25) is 0 Å². The van der Waals surface area contributed by atoms with Gasteiger partial charge in [0.05, 0.1) is 34.1 Å². The second kappa shape index (κ2) is 10.1. The molecule has 7 aromatic rings. The Morgan fingerprint density at radius 3 is 0.756 bits per heavy atom. The van der Waals surface area contributed by atoms with E-state index in [1.165, 1.54) is 72.8 Å². The second-order valence-electron chi connectivity index (χ2n) is 11.8. The van der Waals surface area contributed by atoms with Gasteiger partial charge in [0.15, 0.2) is 0 Å². The van der Waals surface area contributed by atoms with Gasteiger partial charge in [-0.2, -0.15) is 0 Å². The predicted octanol–water partition coefficient (Wildman–Crippen LogP) is 12.2. The Balaban J connectivity index is 1.33. The van der Waals surface area contributed by atoms with Crippen LogP contribution in [-0.4, -0.2) is 0 Å². The molecule has 45 heavy (non-hydrogen) atoms. The Bertz CT molecular complexity index is 1970. The van der Waals surface area contributed by atoms with Crippen LogP contribution in [0.25, 0.3) is 44.5 Å². The zero-order valence-electron chi connectivity index (χ0n) is 25.0. The van der Waals surface area contributed by atoms with Crippen LogP contribution in [0.5, 0.6) is 0 Å². The minimum Gasteiger partial charge on any atom is -0.309 e. The Morgan fingerprint density at radius 1 is 0.244 bits per heavy atom. The number of anilines is 6. The summed E-state index contributed by atoms with van der Waals surface area (Å²) in [6.45, 7) is 2.27. The first-order chi connectivity index (χ1) is 22.3. The first-order valence-corrected chi connectivity index (χ1v) is 15.5. The smallest absolute Gasteiger partial charge is 0.0540 e. The number of para-hydroxylation sites is 4. The molecule has 0 amide bonds. The number of hydrogen-bond donors (Lipinski definition) is 0. The van der Waals surface area contributed by atoms with E-state index in [-0.39, 0.29) is 0 Å². The van der Waals surface area contributed by atoms with Crippen molar-refractivity contribution < 1.29 is 0 Å². The van der Waals surface area contributed by atoms with Gasteiger partial charge in [-0.3, -0.25) is 0 Å². The minimum absolute atomic E-state index is 1.16. The van der Waals surface area contributed by atoms with Crippen LogP contribution < -0.4 is 9.80 Å². The molecule has 2 nitrogen and oxygen atoms in total. The van der Waals surface area contributed by atoms with Crippen molar-refractivity contribution in [2.24, 2.45) is 0 Å². The Morgan fingerprint density at radius 2 is 0.467 bits per heavy atom. The van der Waals surface area contributed by atoms with Gasteiger partial charge in [0.2, 0.25) is 0 Å². The number of rotatable bonds is 2. The van der Waals surface area contributed by atoms with Gasteiger partial charge in [0.1, 0.15) is 0 Å².